The van der Waals surface area contributed by atoms with Gasteiger partial charge in [-0.15, -0.1) is 0 Å². The zero-order chi connectivity index (χ0) is 14.1. The second-order valence-electron chi connectivity index (χ2n) is 6.74. The van der Waals surface area contributed by atoms with Gasteiger partial charge in [-0.05, 0) is 26.7 Å². The highest BCUT2D eigenvalue weighted by Gasteiger charge is 2.40. The lowest BCUT2D eigenvalue weighted by atomic mass is 9.96. The Labute approximate surface area is 115 Å². The van der Waals surface area contributed by atoms with E-state index in [0.29, 0.717) is 6.54 Å². The van der Waals surface area contributed by atoms with E-state index in [1.165, 1.54) is 0 Å². The van der Waals surface area contributed by atoms with Crippen molar-refractivity contribution < 1.29 is 9.90 Å². The van der Waals surface area contributed by atoms with Crippen molar-refractivity contribution in [2.45, 2.75) is 50.7 Å². The Morgan fingerprint density at radius 3 is 2.21 bits per heavy atom. The van der Waals surface area contributed by atoms with Gasteiger partial charge in [0.1, 0.15) is 0 Å². The minimum Gasteiger partial charge on any atom is -0.389 e. The Kier molecular flexibility index (Phi) is 4.18. The van der Waals surface area contributed by atoms with Crippen molar-refractivity contribution in [3.63, 3.8) is 0 Å². The average Bonchev–Trinajstić information content (AvgIpc) is 2.75. The van der Waals surface area contributed by atoms with Crippen molar-refractivity contribution in [2.24, 2.45) is 5.73 Å². The number of nitrogens with two attached hydrogens (primary N) is 1. The molecule has 110 valence electrons. The Balaban J connectivity index is 1.84. The molecule has 0 aromatic heterocycles. The molecule has 1 saturated carbocycles. The number of β-amino-alcohol motifs (C(OH)–C–C–N with tert-alkyl or cyclic N) is 1. The molecule has 2 rings (SSSR count). The van der Waals surface area contributed by atoms with E-state index in [1.54, 1.807) is 0 Å². The topological polar surface area (TPSA) is 69.8 Å². The van der Waals surface area contributed by atoms with Crippen molar-refractivity contribution >= 4 is 5.91 Å². The van der Waals surface area contributed by atoms with Gasteiger partial charge < -0.3 is 15.7 Å². The highest BCUT2D eigenvalue weighted by molar-refractivity contribution is 5.86. The molecule has 2 aliphatic rings. The quantitative estimate of drug-likeness (QED) is 0.766. The lowest BCUT2D eigenvalue weighted by molar-refractivity contribution is -0.138. The smallest absolute Gasteiger partial charge is 0.242 e. The number of carbonyl (C=O) groups is 1. The van der Waals surface area contributed by atoms with Crippen LogP contribution >= 0.6 is 0 Å². The molecule has 0 atom stereocenters. The lowest BCUT2D eigenvalue weighted by Gasteiger charge is -2.40. The van der Waals surface area contributed by atoms with Gasteiger partial charge >= 0.3 is 0 Å². The molecule has 1 aliphatic carbocycles. The van der Waals surface area contributed by atoms with Crippen LogP contribution < -0.4 is 5.73 Å². The van der Waals surface area contributed by atoms with Crippen LogP contribution in [-0.4, -0.2) is 64.7 Å². The normalized spacial score (nSPS) is 24.7. The summed E-state index contributed by atoms with van der Waals surface area (Å²) in [6, 6.07) is 0. The van der Waals surface area contributed by atoms with Crippen LogP contribution in [0.4, 0.5) is 0 Å². The van der Waals surface area contributed by atoms with Gasteiger partial charge in [0.15, 0.2) is 0 Å². The summed E-state index contributed by atoms with van der Waals surface area (Å²) >= 11 is 0. The largest absolute Gasteiger partial charge is 0.389 e. The van der Waals surface area contributed by atoms with Crippen molar-refractivity contribution in [2.75, 3.05) is 32.7 Å². The third kappa shape index (κ3) is 3.68. The highest BCUT2D eigenvalue weighted by atomic mass is 16.3. The number of hydrogen-bond acceptors (Lipinski definition) is 4. The van der Waals surface area contributed by atoms with Crippen molar-refractivity contribution in [3.8, 4) is 0 Å². The maximum Gasteiger partial charge on any atom is 0.242 e. The van der Waals surface area contributed by atoms with Crippen LogP contribution in [0.2, 0.25) is 0 Å². The monoisotopic (exact) mass is 269 g/mol. The molecule has 1 amide bonds. The van der Waals surface area contributed by atoms with Crippen LogP contribution in [-0.2, 0) is 4.79 Å². The number of piperazine rings is 1. The van der Waals surface area contributed by atoms with Gasteiger partial charge in [-0.2, -0.15) is 0 Å². The molecule has 0 bridgehead atoms. The summed E-state index contributed by atoms with van der Waals surface area (Å²) in [6.45, 7) is 7.40. The zero-order valence-electron chi connectivity index (χ0n) is 12.2. The summed E-state index contributed by atoms with van der Waals surface area (Å²) in [7, 11) is 0. The number of nitrogens with zero attached hydrogens (tertiary/aromatic N) is 2. The first-order chi connectivity index (χ1) is 8.80. The molecule has 1 saturated heterocycles. The van der Waals surface area contributed by atoms with Crippen LogP contribution in [0.15, 0.2) is 0 Å². The molecule has 0 aromatic rings. The van der Waals surface area contributed by atoms with Gasteiger partial charge in [0.2, 0.25) is 5.91 Å². The fraction of sp³-hybridized carbons (Fsp3) is 0.929. The van der Waals surface area contributed by atoms with E-state index in [-0.39, 0.29) is 5.91 Å². The minimum absolute atomic E-state index is 0.132. The molecule has 5 heteroatoms. The second-order valence-corrected chi connectivity index (χ2v) is 6.74. The van der Waals surface area contributed by atoms with Gasteiger partial charge in [-0.25, -0.2) is 0 Å². The minimum atomic E-state index is -0.674. The molecule has 5 nitrogen and oxygen atoms in total. The summed E-state index contributed by atoms with van der Waals surface area (Å²) in [5.41, 5.74) is 4.95. The average molecular weight is 269 g/mol. The van der Waals surface area contributed by atoms with E-state index in [1.807, 2.05) is 18.7 Å². The summed E-state index contributed by atoms with van der Waals surface area (Å²) in [5.74, 6) is 0.132. The van der Waals surface area contributed by atoms with E-state index in [4.69, 9.17) is 5.73 Å². The number of amides is 1. The molecule has 0 aromatic carbocycles. The predicted molar refractivity (Wildman–Crippen MR) is 74.7 cm³/mol. The SMILES string of the molecule is CC(C)(O)CN1CCN(C(=O)C2(N)CCCC2)CC1. The Morgan fingerprint density at radius 2 is 1.74 bits per heavy atom. The van der Waals surface area contributed by atoms with E-state index < -0.39 is 11.1 Å². The van der Waals surface area contributed by atoms with E-state index in [9.17, 15) is 9.90 Å². The molecule has 1 heterocycles. The maximum absolute atomic E-state index is 12.4. The first-order valence-corrected chi connectivity index (χ1v) is 7.33. The van der Waals surface area contributed by atoms with Crippen molar-refractivity contribution in [1.82, 2.24) is 9.80 Å². The summed E-state index contributed by atoms with van der Waals surface area (Å²) in [6.07, 6.45) is 3.80. The molecule has 0 spiro atoms. The molecule has 19 heavy (non-hydrogen) atoms. The first-order valence-electron chi connectivity index (χ1n) is 7.33. The molecule has 0 unspecified atom stereocenters. The summed E-state index contributed by atoms with van der Waals surface area (Å²) in [4.78, 5) is 16.6. The predicted octanol–water partition coefficient (Wildman–Crippen LogP) is 0.173. The lowest BCUT2D eigenvalue weighted by Crippen LogP contribution is -2.59. The van der Waals surface area contributed by atoms with Crippen LogP contribution in [0.1, 0.15) is 39.5 Å². The first kappa shape index (κ1) is 14.8. The van der Waals surface area contributed by atoms with Crippen molar-refractivity contribution in [1.29, 1.82) is 0 Å². The number of hydrogen-bond donors (Lipinski definition) is 2. The zero-order valence-corrected chi connectivity index (χ0v) is 12.2. The standard InChI is InChI=1S/C14H27N3O2/c1-13(2,19)11-16-7-9-17(10-8-16)12(18)14(15)5-3-4-6-14/h19H,3-11,15H2,1-2H3. The van der Waals surface area contributed by atoms with Crippen LogP contribution in [0.25, 0.3) is 0 Å². The third-order valence-corrected chi connectivity index (χ3v) is 4.19. The second kappa shape index (κ2) is 5.38. The van der Waals surface area contributed by atoms with Crippen LogP contribution in [0, 0.1) is 0 Å². The molecule has 2 fully saturated rings. The van der Waals surface area contributed by atoms with Crippen LogP contribution in [0.5, 0.6) is 0 Å². The van der Waals surface area contributed by atoms with Gasteiger partial charge in [-0.3, -0.25) is 9.69 Å². The van der Waals surface area contributed by atoms with Gasteiger partial charge in [-0.1, -0.05) is 12.8 Å². The van der Waals surface area contributed by atoms with Gasteiger partial charge in [0, 0.05) is 32.7 Å². The van der Waals surface area contributed by atoms with Crippen LogP contribution in [0.3, 0.4) is 0 Å². The number of rotatable bonds is 3. The molecule has 0 radical (unpaired) electrons. The molecule has 3 N–H and O–H groups in total. The maximum atomic E-state index is 12.4. The highest BCUT2D eigenvalue weighted by Crippen LogP contribution is 2.29. The summed E-state index contributed by atoms with van der Waals surface area (Å²) in [5, 5.41) is 9.82. The fourth-order valence-corrected chi connectivity index (χ4v) is 3.19. The summed E-state index contributed by atoms with van der Waals surface area (Å²) < 4.78 is 0. The number of aliphatic hydroxyl groups is 1. The van der Waals surface area contributed by atoms with Crippen molar-refractivity contribution in [3.05, 3.63) is 0 Å². The fourth-order valence-electron chi connectivity index (χ4n) is 3.19. The molecular formula is C14H27N3O2. The van der Waals surface area contributed by atoms with E-state index in [2.05, 4.69) is 4.90 Å². The third-order valence-electron chi connectivity index (χ3n) is 4.19. The van der Waals surface area contributed by atoms with E-state index in [0.717, 1.165) is 51.9 Å². The molecule has 1 aliphatic heterocycles. The van der Waals surface area contributed by atoms with Gasteiger partial charge in [0.25, 0.3) is 0 Å². The Morgan fingerprint density at radius 1 is 1.21 bits per heavy atom. The van der Waals surface area contributed by atoms with E-state index >= 15 is 0 Å². The Bertz CT molecular complexity index is 324. The Hall–Kier alpha value is -0.650. The molecular weight excluding hydrogens is 242 g/mol. The van der Waals surface area contributed by atoms with Gasteiger partial charge in [0.05, 0.1) is 11.1 Å². The number of carbonyl (C=O) groups excluding carboxylic acids is 1.